The van der Waals surface area contributed by atoms with Crippen molar-refractivity contribution in [2.24, 2.45) is 0 Å². The molecule has 0 aliphatic rings. The molecule has 1 heterocycles. The van der Waals surface area contributed by atoms with Gasteiger partial charge in [-0.15, -0.1) is 10.2 Å². The van der Waals surface area contributed by atoms with Crippen molar-refractivity contribution in [3.8, 4) is 10.6 Å². The predicted molar refractivity (Wildman–Crippen MR) is 84.4 cm³/mol. The Kier molecular flexibility index (Phi) is 4.38. The fourth-order valence-corrected chi connectivity index (χ4v) is 2.66. The third-order valence-corrected chi connectivity index (χ3v) is 4.48. The van der Waals surface area contributed by atoms with Gasteiger partial charge in [-0.05, 0) is 39.3 Å². The van der Waals surface area contributed by atoms with E-state index in [1.807, 2.05) is 0 Å². The van der Waals surface area contributed by atoms with Gasteiger partial charge in [0.25, 0.3) is 0 Å². The fraction of sp³-hybridized carbons (Fsp3) is 0.429. The summed E-state index contributed by atoms with van der Waals surface area (Å²) in [5, 5.41) is 13.9. The zero-order chi connectivity index (χ0) is 14.0. The molecule has 2 rings (SSSR count). The minimum absolute atomic E-state index is 0.0960. The molecule has 19 heavy (non-hydrogen) atoms. The third kappa shape index (κ3) is 4.09. The topological polar surface area (TPSA) is 37.8 Å². The van der Waals surface area contributed by atoms with E-state index in [1.165, 1.54) is 5.56 Å². The van der Waals surface area contributed by atoms with E-state index in [0.29, 0.717) is 0 Å². The summed E-state index contributed by atoms with van der Waals surface area (Å²) in [4.78, 5) is 0. The van der Waals surface area contributed by atoms with Crippen LogP contribution < -0.4 is 5.32 Å². The minimum atomic E-state index is 0.0960. The van der Waals surface area contributed by atoms with E-state index in [9.17, 15) is 0 Å². The van der Waals surface area contributed by atoms with Gasteiger partial charge in [0.1, 0.15) is 10.0 Å². The highest BCUT2D eigenvalue weighted by Crippen LogP contribution is 2.28. The van der Waals surface area contributed by atoms with Crippen molar-refractivity contribution in [3.05, 3.63) is 33.2 Å². The van der Waals surface area contributed by atoms with Crippen molar-refractivity contribution < 1.29 is 0 Å². The average molecular weight is 340 g/mol. The number of nitrogens with one attached hydrogen (secondary N) is 1. The van der Waals surface area contributed by atoms with Crippen LogP contribution in [0, 0.1) is 6.92 Å². The molecule has 0 amide bonds. The van der Waals surface area contributed by atoms with E-state index in [0.717, 1.165) is 26.6 Å². The Bertz CT molecular complexity index is 572. The van der Waals surface area contributed by atoms with Gasteiger partial charge >= 0.3 is 0 Å². The highest BCUT2D eigenvalue weighted by Gasteiger charge is 2.12. The zero-order valence-corrected chi connectivity index (χ0v) is 14.0. The maximum atomic E-state index is 4.27. The molecule has 1 aromatic carbocycles. The Labute approximate surface area is 126 Å². The summed E-state index contributed by atoms with van der Waals surface area (Å²) < 4.78 is 1.11. The van der Waals surface area contributed by atoms with Gasteiger partial charge in [-0.25, -0.2) is 0 Å². The lowest BCUT2D eigenvalue weighted by atomic mass is 10.1. The molecule has 0 radical (unpaired) electrons. The third-order valence-electron chi connectivity index (χ3n) is 2.66. The van der Waals surface area contributed by atoms with E-state index < -0.39 is 0 Å². The molecule has 0 bridgehead atoms. The van der Waals surface area contributed by atoms with Crippen molar-refractivity contribution in [3.63, 3.8) is 0 Å². The molecule has 0 fully saturated rings. The number of aryl methyl sites for hydroxylation is 1. The molecule has 0 aliphatic heterocycles. The number of hydrogen-bond donors (Lipinski definition) is 1. The van der Waals surface area contributed by atoms with E-state index >= 15 is 0 Å². The van der Waals surface area contributed by atoms with E-state index in [1.54, 1.807) is 11.3 Å². The van der Waals surface area contributed by atoms with Crippen molar-refractivity contribution >= 4 is 27.3 Å². The average Bonchev–Trinajstić information content (AvgIpc) is 2.78. The van der Waals surface area contributed by atoms with E-state index in [2.05, 4.69) is 77.3 Å². The van der Waals surface area contributed by atoms with Gasteiger partial charge in [-0.3, -0.25) is 0 Å². The second-order valence-corrected chi connectivity index (χ2v) is 7.48. The monoisotopic (exact) mass is 339 g/mol. The number of rotatable bonds is 3. The number of benzene rings is 1. The Morgan fingerprint density at radius 1 is 1.26 bits per heavy atom. The van der Waals surface area contributed by atoms with Gasteiger partial charge in [0.15, 0.2) is 0 Å². The van der Waals surface area contributed by atoms with Crippen molar-refractivity contribution in [2.45, 2.75) is 39.8 Å². The van der Waals surface area contributed by atoms with E-state index in [-0.39, 0.29) is 5.54 Å². The van der Waals surface area contributed by atoms with Crippen LogP contribution in [0.4, 0.5) is 0 Å². The van der Waals surface area contributed by atoms with Gasteiger partial charge < -0.3 is 5.32 Å². The van der Waals surface area contributed by atoms with Crippen LogP contribution >= 0.6 is 27.3 Å². The lowest BCUT2D eigenvalue weighted by Gasteiger charge is -2.19. The summed E-state index contributed by atoms with van der Waals surface area (Å²) in [5.41, 5.74) is 2.43. The van der Waals surface area contributed by atoms with Crippen molar-refractivity contribution in [2.75, 3.05) is 0 Å². The van der Waals surface area contributed by atoms with Gasteiger partial charge in [0, 0.05) is 15.6 Å². The molecule has 5 heteroatoms. The van der Waals surface area contributed by atoms with Crippen molar-refractivity contribution in [1.29, 1.82) is 0 Å². The lowest BCUT2D eigenvalue weighted by molar-refractivity contribution is 0.423. The van der Waals surface area contributed by atoms with Crippen LogP contribution in [-0.4, -0.2) is 15.7 Å². The van der Waals surface area contributed by atoms with Crippen LogP contribution in [-0.2, 0) is 6.54 Å². The smallest absolute Gasteiger partial charge is 0.147 e. The first kappa shape index (κ1) is 14.6. The maximum absolute atomic E-state index is 4.27. The Morgan fingerprint density at radius 2 is 2.00 bits per heavy atom. The molecule has 0 saturated heterocycles. The second-order valence-electron chi connectivity index (χ2n) is 5.57. The van der Waals surface area contributed by atoms with Gasteiger partial charge in [0.05, 0.1) is 6.54 Å². The number of aromatic nitrogens is 2. The molecule has 1 aromatic heterocycles. The zero-order valence-electron chi connectivity index (χ0n) is 11.6. The molecule has 102 valence electrons. The highest BCUT2D eigenvalue weighted by molar-refractivity contribution is 9.10. The summed E-state index contributed by atoms with van der Waals surface area (Å²) in [5.74, 6) is 0. The molecule has 0 aliphatic carbocycles. The SMILES string of the molecule is Cc1ccc(-c2nnc(CNC(C)(C)C)s2)cc1Br. The van der Waals surface area contributed by atoms with Gasteiger partial charge in [-0.2, -0.15) is 0 Å². The molecule has 1 N–H and O–H groups in total. The van der Waals surface area contributed by atoms with Gasteiger partial charge in [-0.1, -0.05) is 39.4 Å². The molecule has 0 unspecified atom stereocenters. The number of hydrogen-bond acceptors (Lipinski definition) is 4. The molecular weight excluding hydrogens is 322 g/mol. The summed E-state index contributed by atoms with van der Waals surface area (Å²) >= 11 is 5.19. The first-order valence-corrected chi connectivity index (χ1v) is 7.80. The van der Waals surface area contributed by atoms with Crippen LogP contribution in [0.2, 0.25) is 0 Å². The lowest BCUT2D eigenvalue weighted by Crippen LogP contribution is -2.35. The first-order chi connectivity index (χ1) is 8.85. The highest BCUT2D eigenvalue weighted by atomic mass is 79.9. The Morgan fingerprint density at radius 3 is 2.63 bits per heavy atom. The standard InChI is InChI=1S/C14H18BrN3S/c1-9-5-6-10(7-11(9)15)13-18-17-12(19-13)8-16-14(2,3)4/h5-7,16H,8H2,1-4H3. The van der Waals surface area contributed by atoms with Crippen LogP contribution in [0.1, 0.15) is 31.3 Å². The van der Waals surface area contributed by atoms with Crippen LogP contribution in [0.3, 0.4) is 0 Å². The molecular formula is C14H18BrN3S. The van der Waals surface area contributed by atoms with E-state index in [4.69, 9.17) is 0 Å². The minimum Gasteiger partial charge on any atom is -0.306 e. The maximum Gasteiger partial charge on any atom is 0.147 e. The van der Waals surface area contributed by atoms with Crippen LogP contribution in [0.15, 0.2) is 22.7 Å². The first-order valence-electron chi connectivity index (χ1n) is 6.19. The summed E-state index contributed by atoms with van der Waals surface area (Å²) in [6.45, 7) is 9.27. The predicted octanol–water partition coefficient (Wildman–Crippen LogP) is 4.16. The van der Waals surface area contributed by atoms with Crippen molar-refractivity contribution in [1.82, 2.24) is 15.5 Å². The molecule has 0 saturated carbocycles. The number of halogens is 1. The summed E-state index contributed by atoms with van der Waals surface area (Å²) in [7, 11) is 0. The summed E-state index contributed by atoms with van der Waals surface area (Å²) in [6, 6.07) is 6.27. The Hall–Kier alpha value is -0.780. The second kappa shape index (κ2) is 5.69. The Balaban J connectivity index is 2.14. The molecule has 0 spiro atoms. The van der Waals surface area contributed by atoms with Crippen LogP contribution in [0.5, 0.6) is 0 Å². The largest absolute Gasteiger partial charge is 0.306 e. The fourth-order valence-electron chi connectivity index (χ4n) is 1.51. The van der Waals surface area contributed by atoms with Gasteiger partial charge in [0.2, 0.25) is 0 Å². The molecule has 2 aromatic rings. The quantitative estimate of drug-likeness (QED) is 0.912. The summed E-state index contributed by atoms with van der Waals surface area (Å²) in [6.07, 6.45) is 0. The number of nitrogens with zero attached hydrogens (tertiary/aromatic N) is 2. The molecule has 3 nitrogen and oxygen atoms in total. The van der Waals surface area contributed by atoms with Crippen LogP contribution in [0.25, 0.3) is 10.6 Å². The molecule has 0 atom stereocenters. The normalized spacial score (nSPS) is 11.8.